The highest BCUT2D eigenvalue weighted by Gasteiger charge is 2.24. The molecule has 0 amide bonds. The summed E-state index contributed by atoms with van der Waals surface area (Å²) in [4.78, 5) is 0. The van der Waals surface area contributed by atoms with Crippen molar-refractivity contribution in [2.75, 3.05) is 34.9 Å². The van der Waals surface area contributed by atoms with Gasteiger partial charge in [0.15, 0.2) is 0 Å². The van der Waals surface area contributed by atoms with Gasteiger partial charge >= 0.3 is 0 Å². The Balaban J connectivity index is 3.79. The molecule has 68 valence electrons. The highest BCUT2D eigenvalue weighted by atomic mass is 32.2. The quantitative estimate of drug-likeness (QED) is 0.639. The van der Waals surface area contributed by atoms with Crippen LogP contribution in [0.2, 0.25) is 6.55 Å². The Morgan fingerprint density at radius 1 is 0.818 bits per heavy atom. The van der Waals surface area contributed by atoms with Crippen LogP contribution in [0.5, 0.6) is 0 Å². The second-order valence-electron chi connectivity index (χ2n) is 3.11. The zero-order chi connectivity index (χ0) is 8.74. The maximum absolute atomic E-state index is 2.52. The predicted molar refractivity (Wildman–Crippen MR) is 66.8 cm³/mol. The summed E-state index contributed by atoms with van der Waals surface area (Å²) >= 11 is 6.07. The van der Waals surface area contributed by atoms with Crippen molar-refractivity contribution in [3.63, 3.8) is 0 Å². The van der Waals surface area contributed by atoms with Gasteiger partial charge in [-0.3, -0.25) is 0 Å². The van der Waals surface area contributed by atoms with Crippen molar-refractivity contribution in [2.45, 2.75) is 6.55 Å². The summed E-state index contributed by atoms with van der Waals surface area (Å²) in [5.74, 6) is 0. The molecule has 0 aliphatic rings. The van der Waals surface area contributed by atoms with Gasteiger partial charge in [0.2, 0.25) is 0 Å². The average molecular weight is 227 g/mol. The van der Waals surface area contributed by atoms with Crippen LogP contribution in [0.1, 0.15) is 0 Å². The van der Waals surface area contributed by atoms with Gasteiger partial charge < -0.3 is 0 Å². The molecule has 4 heteroatoms. The lowest BCUT2D eigenvalue weighted by Crippen LogP contribution is -2.41. The van der Waals surface area contributed by atoms with E-state index in [9.17, 15) is 0 Å². The largest absolute Gasteiger partial charge is 0.168 e. The van der Waals surface area contributed by atoms with Crippen LogP contribution in [-0.2, 0) is 0 Å². The molecule has 0 radical (unpaired) electrons. The second kappa shape index (κ2) is 6.75. The van der Waals surface area contributed by atoms with Crippen molar-refractivity contribution in [1.82, 2.24) is 0 Å². The summed E-state index contributed by atoms with van der Waals surface area (Å²) in [6.07, 6.45) is 6.68. The molecule has 0 atom stereocenters. The highest BCUT2D eigenvalue weighted by Crippen LogP contribution is 2.18. The Kier molecular flexibility index (Phi) is 7.52. The van der Waals surface area contributed by atoms with Crippen LogP contribution in [0, 0.1) is 0 Å². The Bertz CT molecular complexity index is 80.7. The zero-order valence-corrected chi connectivity index (χ0v) is 11.3. The van der Waals surface area contributed by atoms with Gasteiger partial charge in [0.05, 0.1) is 8.07 Å². The minimum Gasteiger partial charge on any atom is -0.168 e. The number of thioether (sulfide) groups is 3. The zero-order valence-electron chi connectivity index (χ0n) is 7.85. The molecule has 0 fully saturated rings. The Labute approximate surface area is 84.7 Å². The normalized spacial score (nSPS) is 12.0. The van der Waals surface area contributed by atoms with Gasteiger partial charge in [-0.2, -0.15) is 35.3 Å². The standard InChI is InChI=1S/C7H18S3Si/c1-8-5-11(4,6-9-2)7-10-3/h5-7H2,1-4H3. The molecule has 0 aromatic rings. The van der Waals surface area contributed by atoms with Crippen LogP contribution >= 0.6 is 35.3 Å². The van der Waals surface area contributed by atoms with Gasteiger partial charge in [-0.05, 0) is 34.9 Å². The molecule has 0 aromatic carbocycles. The topological polar surface area (TPSA) is 0 Å². The molecule has 0 aliphatic carbocycles. The highest BCUT2D eigenvalue weighted by molar-refractivity contribution is 8.04. The fraction of sp³-hybridized carbons (Fsp3) is 1.00. The molecule has 0 saturated carbocycles. The first-order chi connectivity index (χ1) is 5.18. The summed E-state index contributed by atoms with van der Waals surface area (Å²) in [5.41, 5.74) is 0. The number of hydrogen-bond donors (Lipinski definition) is 0. The molecular formula is C7H18S3Si. The van der Waals surface area contributed by atoms with Gasteiger partial charge in [0.25, 0.3) is 0 Å². The third-order valence-corrected chi connectivity index (χ3v) is 13.3. The van der Waals surface area contributed by atoms with Crippen LogP contribution in [-0.4, -0.2) is 43.0 Å². The van der Waals surface area contributed by atoms with Crippen molar-refractivity contribution in [3.8, 4) is 0 Å². The molecule has 0 aromatic heterocycles. The van der Waals surface area contributed by atoms with E-state index in [1.54, 1.807) is 0 Å². The smallest absolute Gasteiger partial charge is 0.0806 e. The van der Waals surface area contributed by atoms with E-state index in [1.165, 1.54) is 16.1 Å². The SMILES string of the molecule is CSC[Si](C)(CSC)CSC. The van der Waals surface area contributed by atoms with Gasteiger partial charge in [0, 0.05) is 0 Å². The van der Waals surface area contributed by atoms with Crippen LogP contribution < -0.4 is 0 Å². The molecule has 0 rings (SSSR count). The van der Waals surface area contributed by atoms with Gasteiger partial charge in [-0.15, -0.1) is 0 Å². The minimum absolute atomic E-state index is 0.861. The van der Waals surface area contributed by atoms with Crippen LogP contribution in [0.25, 0.3) is 0 Å². The molecule has 0 N–H and O–H groups in total. The van der Waals surface area contributed by atoms with Crippen molar-refractivity contribution >= 4 is 43.4 Å². The summed E-state index contributed by atoms with van der Waals surface area (Å²) in [7, 11) is -0.861. The summed E-state index contributed by atoms with van der Waals surface area (Å²) in [6.45, 7) is 2.52. The molecule has 0 nitrogen and oxygen atoms in total. The van der Waals surface area contributed by atoms with Gasteiger partial charge in [0.1, 0.15) is 0 Å². The Morgan fingerprint density at radius 3 is 1.27 bits per heavy atom. The summed E-state index contributed by atoms with van der Waals surface area (Å²) < 4.78 is 0. The van der Waals surface area contributed by atoms with E-state index in [4.69, 9.17) is 0 Å². The maximum atomic E-state index is 2.52. The van der Waals surface area contributed by atoms with E-state index in [2.05, 4.69) is 25.3 Å². The number of rotatable bonds is 6. The van der Waals surface area contributed by atoms with E-state index in [-0.39, 0.29) is 0 Å². The first kappa shape index (κ1) is 12.3. The van der Waals surface area contributed by atoms with Gasteiger partial charge in [-0.1, -0.05) is 6.55 Å². The van der Waals surface area contributed by atoms with Crippen molar-refractivity contribution < 1.29 is 0 Å². The maximum Gasteiger partial charge on any atom is 0.0806 e. The molecule has 11 heavy (non-hydrogen) atoms. The monoisotopic (exact) mass is 226 g/mol. The minimum atomic E-state index is -0.861. The van der Waals surface area contributed by atoms with E-state index < -0.39 is 8.07 Å². The molecule has 0 aliphatic heterocycles. The molecule has 0 unspecified atom stereocenters. The predicted octanol–water partition coefficient (Wildman–Crippen LogP) is 2.77. The first-order valence-electron chi connectivity index (χ1n) is 3.65. The lowest BCUT2D eigenvalue weighted by Gasteiger charge is -2.24. The summed E-state index contributed by atoms with van der Waals surface area (Å²) in [6, 6.07) is 0. The van der Waals surface area contributed by atoms with Crippen molar-refractivity contribution in [3.05, 3.63) is 0 Å². The molecule has 0 heterocycles. The Hall–Kier alpha value is 1.27. The Morgan fingerprint density at radius 2 is 1.09 bits per heavy atom. The van der Waals surface area contributed by atoms with Crippen LogP contribution in [0.15, 0.2) is 0 Å². The average Bonchev–Trinajstić information content (AvgIpc) is 1.88. The molecule has 0 bridgehead atoms. The van der Waals surface area contributed by atoms with Crippen LogP contribution in [0.3, 0.4) is 0 Å². The van der Waals surface area contributed by atoms with E-state index in [0.29, 0.717) is 0 Å². The molecule has 0 saturated heterocycles. The second-order valence-corrected chi connectivity index (χ2v) is 11.9. The lowest BCUT2D eigenvalue weighted by atomic mass is 11.7. The molecular weight excluding hydrogens is 208 g/mol. The van der Waals surface area contributed by atoms with Crippen LogP contribution in [0.4, 0.5) is 0 Å². The van der Waals surface area contributed by atoms with E-state index in [1.807, 2.05) is 35.3 Å². The van der Waals surface area contributed by atoms with Gasteiger partial charge in [-0.25, -0.2) is 0 Å². The fourth-order valence-electron chi connectivity index (χ4n) is 1.17. The third-order valence-electron chi connectivity index (χ3n) is 1.48. The van der Waals surface area contributed by atoms with Crippen molar-refractivity contribution in [2.24, 2.45) is 0 Å². The fourth-order valence-corrected chi connectivity index (χ4v) is 12.8. The van der Waals surface area contributed by atoms with E-state index >= 15 is 0 Å². The third kappa shape index (κ3) is 5.50. The first-order valence-corrected chi connectivity index (χ1v) is 11.0. The summed E-state index contributed by atoms with van der Waals surface area (Å²) in [5, 5.41) is 4.28. The number of hydrogen-bond acceptors (Lipinski definition) is 3. The molecule has 0 spiro atoms. The van der Waals surface area contributed by atoms with E-state index in [0.717, 1.165) is 0 Å². The lowest BCUT2D eigenvalue weighted by molar-refractivity contribution is 1.62. The van der Waals surface area contributed by atoms with Crippen molar-refractivity contribution in [1.29, 1.82) is 0 Å².